The number of hydrogen-bond acceptors (Lipinski definition) is 3. The van der Waals surface area contributed by atoms with E-state index in [1.165, 1.54) is 17.1 Å². The molecule has 2 N–H and O–H groups in total. The zero-order chi connectivity index (χ0) is 12.2. The molecule has 0 saturated heterocycles. The van der Waals surface area contributed by atoms with Crippen molar-refractivity contribution in [1.82, 2.24) is 15.2 Å². The second kappa shape index (κ2) is 4.87. The molecule has 0 spiro atoms. The molecule has 18 heavy (non-hydrogen) atoms. The van der Waals surface area contributed by atoms with Crippen LogP contribution in [-0.2, 0) is 6.42 Å². The zero-order valence-electron chi connectivity index (χ0n) is 9.93. The van der Waals surface area contributed by atoms with E-state index in [0.717, 1.165) is 24.5 Å². The predicted octanol–water partition coefficient (Wildman–Crippen LogP) is 2.61. The van der Waals surface area contributed by atoms with Gasteiger partial charge in [-0.05, 0) is 22.9 Å². The van der Waals surface area contributed by atoms with Crippen LogP contribution in [0.3, 0.4) is 0 Å². The van der Waals surface area contributed by atoms with E-state index < -0.39 is 0 Å². The van der Waals surface area contributed by atoms with Gasteiger partial charge in [0.05, 0.1) is 0 Å². The van der Waals surface area contributed by atoms with Gasteiger partial charge in [-0.3, -0.25) is 5.10 Å². The number of H-pyrrole nitrogens is 1. The summed E-state index contributed by atoms with van der Waals surface area (Å²) in [6.07, 6.45) is 2.37. The number of aromatic nitrogens is 3. The molecule has 0 amide bonds. The number of hydrogen-bond donors (Lipinski definition) is 2. The summed E-state index contributed by atoms with van der Waals surface area (Å²) in [5.41, 5.74) is 1.13. The third kappa shape index (κ3) is 2.32. The first-order valence-corrected chi connectivity index (χ1v) is 5.99. The number of rotatable bonds is 4. The molecule has 0 bridgehead atoms. The SMILES string of the molecule is c1ccc2cc(NCCc3ncn[nH]3)ccc2c1. The Morgan fingerprint density at radius 2 is 1.94 bits per heavy atom. The maximum atomic E-state index is 4.09. The number of nitrogens with zero attached hydrogens (tertiary/aromatic N) is 2. The summed E-state index contributed by atoms with van der Waals surface area (Å²) in [6, 6.07) is 14.7. The molecule has 0 saturated carbocycles. The van der Waals surface area contributed by atoms with Gasteiger partial charge in [0.25, 0.3) is 0 Å². The van der Waals surface area contributed by atoms with Crippen molar-refractivity contribution in [3.63, 3.8) is 0 Å². The first-order chi connectivity index (χ1) is 8.92. The maximum Gasteiger partial charge on any atom is 0.137 e. The van der Waals surface area contributed by atoms with Crippen LogP contribution in [0.15, 0.2) is 48.8 Å². The molecule has 4 heteroatoms. The fourth-order valence-corrected chi connectivity index (χ4v) is 1.98. The number of anilines is 1. The van der Waals surface area contributed by atoms with Crippen LogP contribution < -0.4 is 5.32 Å². The van der Waals surface area contributed by atoms with E-state index in [-0.39, 0.29) is 0 Å². The highest BCUT2D eigenvalue weighted by molar-refractivity contribution is 5.85. The summed E-state index contributed by atoms with van der Waals surface area (Å²) in [7, 11) is 0. The minimum absolute atomic E-state index is 0.840. The van der Waals surface area contributed by atoms with Gasteiger partial charge in [0.1, 0.15) is 12.2 Å². The van der Waals surface area contributed by atoms with Crippen molar-refractivity contribution < 1.29 is 0 Å². The van der Waals surface area contributed by atoms with Crippen LogP contribution in [0.2, 0.25) is 0 Å². The van der Waals surface area contributed by atoms with Gasteiger partial charge in [-0.2, -0.15) is 5.10 Å². The van der Waals surface area contributed by atoms with Crippen LogP contribution in [0.25, 0.3) is 10.8 Å². The third-order valence-electron chi connectivity index (χ3n) is 2.91. The van der Waals surface area contributed by atoms with Gasteiger partial charge in [-0.25, -0.2) is 4.98 Å². The van der Waals surface area contributed by atoms with E-state index in [9.17, 15) is 0 Å². The molecule has 0 atom stereocenters. The van der Waals surface area contributed by atoms with Gasteiger partial charge in [0.15, 0.2) is 0 Å². The first-order valence-electron chi connectivity index (χ1n) is 5.99. The lowest BCUT2D eigenvalue weighted by atomic mass is 10.1. The Balaban J connectivity index is 1.67. The highest BCUT2D eigenvalue weighted by Crippen LogP contribution is 2.18. The third-order valence-corrected chi connectivity index (χ3v) is 2.91. The number of nitrogens with one attached hydrogen (secondary N) is 2. The Morgan fingerprint density at radius 3 is 2.78 bits per heavy atom. The molecular formula is C14H14N4. The molecule has 0 aliphatic heterocycles. The van der Waals surface area contributed by atoms with E-state index in [1.807, 2.05) is 0 Å². The Morgan fingerprint density at radius 1 is 1.06 bits per heavy atom. The Kier molecular flexibility index (Phi) is 2.92. The molecule has 2 aromatic carbocycles. The van der Waals surface area contributed by atoms with Gasteiger partial charge < -0.3 is 5.32 Å². The summed E-state index contributed by atoms with van der Waals surface area (Å²) in [5.74, 6) is 0.906. The smallest absolute Gasteiger partial charge is 0.137 e. The van der Waals surface area contributed by atoms with Crippen molar-refractivity contribution in [1.29, 1.82) is 0 Å². The first kappa shape index (κ1) is 10.8. The van der Waals surface area contributed by atoms with Crippen molar-refractivity contribution in [3.05, 3.63) is 54.6 Å². The van der Waals surface area contributed by atoms with Crippen LogP contribution in [0, 0.1) is 0 Å². The van der Waals surface area contributed by atoms with Gasteiger partial charge in [-0.15, -0.1) is 0 Å². The van der Waals surface area contributed by atoms with Crippen LogP contribution in [-0.4, -0.2) is 21.7 Å². The minimum atomic E-state index is 0.840. The quantitative estimate of drug-likeness (QED) is 0.734. The van der Waals surface area contributed by atoms with E-state index in [0.29, 0.717) is 0 Å². The van der Waals surface area contributed by atoms with E-state index in [2.05, 4.69) is 63.0 Å². The van der Waals surface area contributed by atoms with Gasteiger partial charge >= 0.3 is 0 Å². The number of aromatic amines is 1. The predicted molar refractivity (Wildman–Crippen MR) is 72.5 cm³/mol. The van der Waals surface area contributed by atoms with E-state index in [4.69, 9.17) is 0 Å². The van der Waals surface area contributed by atoms with Gasteiger partial charge in [0, 0.05) is 18.7 Å². The zero-order valence-corrected chi connectivity index (χ0v) is 9.93. The summed E-state index contributed by atoms with van der Waals surface area (Å²) < 4.78 is 0. The van der Waals surface area contributed by atoms with Gasteiger partial charge in [0.2, 0.25) is 0 Å². The molecule has 90 valence electrons. The lowest BCUT2D eigenvalue weighted by Crippen LogP contribution is -2.05. The number of fused-ring (bicyclic) bond motifs is 1. The molecule has 0 aliphatic rings. The Labute approximate surface area is 105 Å². The summed E-state index contributed by atoms with van der Waals surface area (Å²) in [4.78, 5) is 4.09. The van der Waals surface area contributed by atoms with E-state index >= 15 is 0 Å². The lowest BCUT2D eigenvalue weighted by molar-refractivity contribution is 0.901. The average Bonchev–Trinajstić information content (AvgIpc) is 2.92. The van der Waals surface area contributed by atoms with Crippen molar-refractivity contribution in [2.75, 3.05) is 11.9 Å². The fraction of sp³-hybridized carbons (Fsp3) is 0.143. The van der Waals surface area contributed by atoms with E-state index in [1.54, 1.807) is 0 Å². The molecule has 3 aromatic rings. The molecule has 1 heterocycles. The molecule has 0 fully saturated rings. The second-order valence-electron chi connectivity index (χ2n) is 4.17. The average molecular weight is 238 g/mol. The molecule has 0 unspecified atom stereocenters. The largest absolute Gasteiger partial charge is 0.385 e. The molecule has 1 aromatic heterocycles. The lowest BCUT2D eigenvalue weighted by Gasteiger charge is -2.06. The summed E-state index contributed by atoms with van der Waals surface area (Å²) >= 11 is 0. The highest BCUT2D eigenvalue weighted by atomic mass is 15.2. The standard InChI is InChI=1S/C14H14N4/c1-2-4-12-9-13(6-5-11(12)3-1)15-8-7-14-16-10-17-18-14/h1-6,9-10,15H,7-8H2,(H,16,17,18). The minimum Gasteiger partial charge on any atom is -0.385 e. The highest BCUT2D eigenvalue weighted by Gasteiger charge is 1.97. The molecule has 0 aliphatic carbocycles. The molecular weight excluding hydrogens is 224 g/mol. The normalized spacial score (nSPS) is 10.7. The maximum absolute atomic E-state index is 4.09. The Bertz CT molecular complexity index is 631. The van der Waals surface area contributed by atoms with Crippen molar-refractivity contribution in [2.24, 2.45) is 0 Å². The van der Waals surface area contributed by atoms with Crippen LogP contribution in [0.4, 0.5) is 5.69 Å². The van der Waals surface area contributed by atoms with Gasteiger partial charge in [-0.1, -0.05) is 30.3 Å². The fourth-order valence-electron chi connectivity index (χ4n) is 1.98. The topological polar surface area (TPSA) is 53.6 Å². The summed E-state index contributed by atoms with van der Waals surface area (Å²) in [5, 5.41) is 12.6. The Hall–Kier alpha value is -2.36. The summed E-state index contributed by atoms with van der Waals surface area (Å²) in [6.45, 7) is 0.841. The molecule has 3 rings (SSSR count). The van der Waals surface area contributed by atoms with Crippen LogP contribution in [0.5, 0.6) is 0 Å². The second-order valence-corrected chi connectivity index (χ2v) is 4.17. The molecule has 0 radical (unpaired) electrons. The van der Waals surface area contributed by atoms with Crippen LogP contribution in [0.1, 0.15) is 5.82 Å². The van der Waals surface area contributed by atoms with Crippen molar-refractivity contribution >= 4 is 16.5 Å². The monoisotopic (exact) mass is 238 g/mol. The number of benzene rings is 2. The van der Waals surface area contributed by atoms with Crippen molar-refractivity contribution in [2.45, 2.75) is 6.42 Å². The van der Waals surface area contributed by atoms with Crippen molar-refractivity contribution in [3.8, 4) is 0 Å². The van der Waals surface area contributed by atoms with Crippen LogP contribution >= 0.6 is 0 Å². The molecule has 4 nitrogen and oxygen atoms in total.